The molecule has 1 saturated carbocycles. The normalized spacial score (nSPS) is 16.2. The van der Waals surface area contributed by atoms with Gasteiger partial charge < -0.3 is 15.2 Å². The van der Waals surface area contributed by atoms with E-state index in [0.717, 1.165) is 37.0 Å². The minimum Gasteiger partial charge on any atom is -0.497 e. The van der Waals surface area contributed by atoms with Gasteiger partial charge >= 0.3 is 5.97 Å². The lowest BCUT2D eigenvalue weighted by atomic mass is 9.93. The van der Waals surface area contributed by atoms with Crippen LogP contribution in [0.2, 0.25) is 0 Å². The number of hydrogen-bond donors (Lipinski definition) is 2. The van der Waals surface area contributed by atoms with E-state index in [1.165, 1.54) is 0 Å². The number of aryl methyl sites for hydroxylation is 1. The second-order valence-corrected chi connectivity index (χ2v) is 5.96. The number of amides is 1. The molecule has 1 amide bonds. The second-order valence-electron chi connectivity index (χ2n) is 5.96. The van der Waals surface area contributed by atoms with Crippen LogP contribution in [-0.4, -0.2) is 29.6 Å². The Labute approximate surface area is 130 Å². The summed E-state index contributed by atoms with van der Waals surface area (Å²) in [7, 11) is 1.61. The molecule has 0 spiro atoms. The summed E-state index contributed by atoms with van der Waals surface area (Å²) in [6, 6.07) is 7.63. The standard InChI is InChI=1S/C17H23NO4/c1-22-14-6-4-5-13(11-14)7-8-15(19)18-17(12-16(20)21)9-2-3-10-17/h4-6,11H,2-3,7-10,12H2,1H3,(H,18,19)(H,20,21). The first kappa shape index (κ1) is 16.3. The summed E-state index contributed by atoms with van der Waals surface area (Å²) in [6.07, 6.45) is 4.44. The van der Waals surface area contributed by atoms with Crippen LogP contribution in [0.4, 0.5) is 0 Å². The topological polar surface area (TPSA) is 75.6 Å². The number of nitrogens with one attached hydrogen (secondary N) is 1. The monoisotopic (exact) mass is 305 g/mol. The van der Waals surface area contributed by atoms with Crippen LogP contribution in [-0.2, 0) is 16.0 Å². The van der Waals surface area contributed by atoms with Crippen LogP contribution in [0.25, 0.3) is 0 Å². The minimum absolute atomic E-state index is 0.0118. The van der Waals surface area contributed by atoms with Crippen molar-refractivity contribution in [2.45, 2.75) is 50.5 Å². The number of carbonyl (C=O) groups excluding carboxylic acids is 1. The largest absolute Gasteiger partial charge is 0.497 e. The molecule has 1 aromatic carbocycles. The molecule has 5 heteroatoms. The van der Waals surface area contributed by atoms with Crippen LogP contribution in [0.3, 0.4) is 0 Å². The van der Waals surface area contributed by atoms with Crippen LogP contribution < -0.4 is 10.1 Å². The molecule has 22 heavy (non-hydrogen) atoms. The molecule has 0 aromatic heterocycles. The highest BCUT2D eigenvalue weighted by atomic mass is 16.5. The molecule has 0 heterocycles. The van der Waals surface area contributed by atoms with Crippen molar-refractivity contribution in [1.82, 2.24) is 5.32 Å². The van der Waals surface area contributed by atoms with Crippen molar-refractivity contribution in [2.24, 2.45) is 0 Å². The molecule has 0 unspecified atom stereocenters. The zero-order chi connectivity index (χ0) is 16.0. The van der Waals surface area contributed by atoms with E-state index in [-0.39, 0.29) is 12.3 Å². The van der Waals surface area contributed by atoms with Crippen molar-refractivity contribution in [3.05, 3.63) is 29.8 Å². The molecule has 2 N–H and O–H groups in total. The lowest BCUT2D eigenvalue weighted by Crippen LogP contribution is -2.47. The maximum atomic E-state index is 12.2. The number of carbonyl (C=O) groups is 2. The number of hydrogen-bond acceptors (Lipinski definition) is 3. The van der Waals surface area contributed by atoms with Crippen molar-refractivity contribution in [3.8, 4) is 5.75 Å². The maximum Gasteiger partial charge on any atom is 0.305 e. The van der Waals surface area contributed by atoms with Crippen molar-refractivity contribution in [3.63, 3.8) is 0 Å². The third kappa shape index (κ3) is 4.48. The van der Waals surface area contributed by atoms with Gasteiger partial charge in [-0.05, 0) is 37.0 Å². The molecule has 1 fully saturated rings. The second kappa shape index (κ2) is 7.29. The molecule has 1 aliphatic carbocycles. The number of carboxylic acid groups (broad SMARTS) is 1. The van der Waals surface area contributed by atoms with Gasteiger partial charge in [0.1, 0.15) is 5.75 Å². The first-order valence-electron chi connectivity index (χ1n) is 7.69. The number of carboxylic acids is 1. The summed E-state index contributed by atoms with van der Waals surface area (Å²) in [6.45, 7) is 0. The molecule has 0 radical (unpaired) electrons. The Morgan fingerprint density at radius 3 is 2.68 bits per heavy atom. The minimum atomic E-state index is -0.852. The molecule has 1 aliphatic rings. The predicted molar refractivity (Wildman–Crippen MR) is 82.9 cm³/mol. The smallest absolute Gasteiger partial charge is 0.305 e. The Bertz CT molecular complexity index is 535. The average molecular weight is 305 g/mol. The zero-order valence-electron chi connectivity index (χ0n) is 12.9. The van der Waals surface area contributed by atoms with E-state index in [9.17, 15) is 9.59 Å². The molecular weight excluding hydrogens is 282 g/mol. The fourth-order valence-electron chi connectivity index (χ4n) is 3.13. The molecule has 0 bridgehead atoms. The number of ether oxygens (including phenoxy) is 1. The summed E-state index contributed by atoms with van der Waals surface area (Å²) in [5.41, 5.74) is 0.491. The summed E-state index contributed by atoms with van der Waals surface area (Å²) in [5.74, 6) is -0.156. The third-order valence-corrected chi connectivity index (χ3v) is 4.23. The lowest BCUT2D eigenvalue weighted by molar-refractivity contribution is -0.139. The maximum absolute atomic E-state index is 12.2. The van der Waals surface area contributed by atoms with E-state index < -0.39 is 11.5 Å². The molecule has 1 aromatic rings. The van der Waals surface area contributed by atoms with E-state index in [2.05, 4.69) is 5.32 Å². The van der Waals surface area contributed by atoms with Crippen LogP contribution in [0.15, 0.2) is 24.3 Å². The van der Waals surface area contributed by atoms with Gasteiger partial charge in [0.05, 0.1) is 19.1 Å². The Morgan fingerprint density at radius 1 is 1.32 bits per heavy atom. The molecule has 2 rings (SSSR count). The van der Waals surface area contributed by atoms with Gasteiger partial charge in [0, 0.05) is 6.42 Å². The summed E-state index contributed by atoms with van der Waals surface area (Å²) < 4.78 is 5.16. The number of rotatable bonds is 7. The van der Waals surface area contributed by atoms with Gasteiger partial charge in [-0.2, -0.15) is 0 Å². The number of aliphatic carboxylic acids is 1. The SMILES string of the molecule is COc1cccc(CCC(=O)NC2(CC(=O)O)CCCC2)c1. The highest BCUT2D eigenvalue weighted by Gasteiger charge is 2.37. The van der Waals surface area contributed by atoms with Crippen molar-refractivity contribution < 1.29 is 19.4 Å². The van der Waals surface area contributed by atoms with E-state index in [1.807, 2.05) is 24.3 Å². The van der Waals surface area contributed by atoms with Gasteiger partial charge in [-0.3, -0.25) is 9.59 Å². The van der Waals surface area contributed by atoms with Crippen LogP contribution in [0, 0.1) is 0 Å². The molecule has 120 valence electrons. The number of benzene rings is 1. The third-order valence-electron chi connectivity index (χ3n) is 4.23. The average Bonchev–Trinajstić information content (AvgIpc) is 2.92. The fraction of sp³-hybridized carbons (Fsp3) is 0.529. The zero-order valence-corrected chi connectivity index (χ0v) is 12.9. The Hall–Kier alpha value is -2.04. The fourth-order valence-corrected chi connectivity index (χ4v) is 3.13. The van der Waals surface area contributed by atoms with E-state index in [0.29, 0.717) is 12.8 Å². The summed E-state index contributed by atoms with van der Waals surface area (Å²) in [5, 5.41) is 12.0. The van der Waals surface area contributed by atoms with Gasteiger partial charge in [0.2, 0.25) is 5.91 Å². The van der Waals surface area contributed by atoms with Crippen molar-refractivity contribution in [1.29, 1.82) is 0 Å². The Kier molecular flexibility index (Phi) is 5.41. The molecule has 0 saturated heterocycles. The van der Waals surface area contributed by atoms with E-state index in [4.69, 9.17) is 9.84 Å². The predicted octanol–water partition coefficient (Wildman–Crippen LogP) is 2.53. The van der Waals surface area contributed by atoms with Gasteiger partial charge in [0.15, 0.2) is 0 Å². The quantitative estimate of drug-likeness (QED) is 0.811. The van der Waals surface area contributed by atoms with E-state index in [1.54, 1.807) is 7.11 Å². The highest BCUT2D eigenvalue weighted by Crippen LogP contribution is 2.32. The first-order chi connectivity index (χ1) is 10.5. The van der Waals surface area contributed by atoms with Crippen molar-refractivity contribution >= 4 is 11.9 Å². The summed E-state index contributed by atoms with van der Waals surface area (Å²) in [4.78, 5) is 23.2. The van der Waals surface area contributed by atoms with E-state index >= 15 is 0 Å². The highest BCUT2D eigenvalue weighted by molar-refractivity contribution is 5.78. The lowest BCUT2D eigenvalue weighted by Gasteiger charge is -2.28. The molecular formula is C17H23NO4. The van der Waals surface area contributed by atoms with Gasteiger partial charge in [-0.25, -0.2) is 0 Å². The van der Waals surface area contributed by atoms with Gasteiger partial charge in [-0.15, -0.1) is 0 Å². The van der Waals surface area contributed by atoms with Crippen LogP contribution in [0.1, 0.15) is 44.1 Å². The van der Waals surface area contributed by atoms with Crippen molar-refractivity contribution in [2.75, 3.05) is 7.11 Å². The summed E-state index contributed by atoms with van der Waals surface area (Å²) >= 11 is 0. The van der Waals surface area contributed by atoms with Gasteiger partial charge in [0.25, 0.3) is 0 Å². The Morgan fingerprint density at radius 2 is 2.05 bits per heavy atom. The Balaban J connectivity index is 1.89. The molecule has 5 nitrogen and oxygen atoms in total. The molecule has 0 aliphatic heterocycles. The van der Waals surface area contributed by atoms with Crippen LogP contribution in [0.5, 0.6) is 5.75 Å². The van der Waals surface area contributed by atoms with Crippen LogP contribution >= 0.6 is 0 Å². The molecule has 0 atom stereocenters. The van der Waals surface area contributed by atoms with Gasteiger partial charge in [-0.1, -0.05) is 25.0 Å². The first-order valence-corrected chi connectivity index (χ1v) is 7.69. The number of methoxy groups -OCH3 is 1.